The fourth-order valence-electron chi connectivity index (χ4n) is 1.97. The lowest BCUT2D eigenvalue weighted by Gasteiger charge is -2.34. The summed E-state index contributed by atoms with van der Waals surface area (Å²) in [6.07, 6.45) is 4.02. The first kappa shape index (κ1) is 9.72. The summed E-state index contributed by atoms with van der Waals surface area (Å²) in [5.41, 5.74) is -0.230. The van der Waals surface area contributed by atoms with Gasteiger partial charge in [0.05, 0.1) is 5.54 Å². The number of nitrogens with one attached hydrogen (secondary N) is 1. The summed E-state index contributed by atoms with van der Waals surface area (Å²) in [7, 11) is 0. The van der Waals surface area contributed by atoms with Gasteiger partial charge in [0.25, 0.3) is 0 Å². The second-order valence-corrected chi connectivity index (χ2v) is 4.26. The van der Waals surface area contributed by atoms with E-state index in [-0.39, 0.29) is 5.54 Å². The lowest BCUT2D eigenvalue weighted by molar-refractivity contribution is -0.127. The van der Waals surface area contributed by atoms with Gasteiger partial charge in [-0.1, -0.05) is 6.42 Å². The molecule has 0 bridgehead atoms. The molecule has 1 aliphatic rings. The van der Waals surface area contributed by atoms with Gasteiger partial charge < -0.3 is 5.32 Å². The minimum Gasteiger partial charge on any atom is -0.303 e. The van der Waals surface area contributed by atoms with Gasteiger partial charge in [-0.2, -0.15) is 0 Å². The summed E-state index contributed by atoms with van der Waals surface area (Å²) in [5.74, 6) is 0.391. The van der Waals surface area contributed by atoms with Crippen LogP contribution in [0.15, 0.2) is 0 Å². The first-order valence-electron chi connectivity index (χ1n) is 4.85. The van der Waals surface area contributed by atoms with E-state index in [0.717, 1.165) is 19.3 Å². The van der Waals surface area contributed by atoms with Gasteiger partial charge in [-0.25, -0.2) is 0 Å². The van der Waals surface area contributed by atoms with Crippen molar-refractivity contribution >= 4 is 5.78 Å². The summed E-state index contributed by atoms with van der Waals surface area (Å²) in [6.45, 7) is 6.22. The van der Waals surface area contributed by atoms with E-state index in [1.807, 2.05) is 6.92 Å². The molecule has 0 aliphatic heterocycles. The maximum Gasteiger partial charge on any atom is 0.152 e. The largest absolute Gasteiger partial charge is 0.303 e. The zero-order chi connectivity index (χ0) is 9.19. The summed E-state index contributed by atoms with van der Waals surface area (Å²) < 4.78 is 0. The SMILES string of the molecule is CC(C)N[C@@]1(C)CCCCC1=O. The molecule has 2 heteroatoms. The normalized spacial score (nSPS) is 31.2. The average Bonchev–Trinajstić information content (AvgIpc) is 1.94. The Hall–Kier alpha value is -0.370. The molecule has 0 heterocycles. The number of hydrogen-bond acceptors (Lipinski definition) is 2. The fraction of sp³-hybridized carbons (Fsp3) is 0.900. The van der Waals surface area contributed by atoms with Crippen molar-refractivity contribution in [2.24, 2.45) is 0 Å². The lowest BCUT2D eigenvalue weighted by Crippen LogP contribution is -2.53. The topological polar surface area (TPSA) is 29.1 Å². The van der Waals surface area contributed by atoms with E-state index >= 15 is 0 Å². The molecule has 12 heavy (non-hydrogen) atoms. The predicted molar refractivity (Wildman–Crippen MR) is 50.2 cm³/mol. The van der Waals surface area contributed by atoms with Gasteiger partial charge in [0.2, 0.25) is 0 Å². The zero-order valence-corrected chi connectivity index (χ0v) is 8.31. The average molecular weight is 169 g/mol. The highest BCUT2D eigenvalue weighted by Gasteiger charge is 2.34. The zero-order valence-electron chi connectivity index (χ0n) is 8.31. The van der Waals surface area contributed by atoms with Crippen molar-refractivity contribution in [1.82, 2.24) is 5.32 Å². The lowest BCUT2D eigenvalue weighted by atomic mass is 9.81. The molecule has 1 fully saturated rings. The van der Waals surface area contributed by atoms with Gasteiger partial charge >= 0.3 is 0 Å². The maximum absolute atomic E-state index is 11.6. The third-order valence-electron chi connectivity index (χ3n) is 2.55. The Morgan fingerprint density at radius 2 is 2.08 bits per heavy atom. The molecule has 0 aromatic rings. The number of carbonyl (C=O) groups is 1. The van der Waals surface area contributed by atoms with Crippen LogP contribution in [0.4, 0.5) is 0 Å². The molecule has 0 saturated heterocycles. The number of Topliss-reactive ketones (excluding diaryl/α,β-unsaturated/α-hetero) is 1. The highest BCUT2D eigenvalue weighted by molar-refractivity contribution is 5.88. The molecular weight excluding hydrogens is 150 g/mol. The van der Waals surface area contributed by atoms with Crippen molar-refractivity contribution in [2.45, 2.75) is 58.0 Å². The van der Waals surface area contributed by atoms with Crippen LogP contribution < -0.4 is 5.32 Å². The Kier molecular flexibility index (Phi) is 2.89. The van der Waals surface area contributed by atoms with Crippen LogP contribution in [0.2, 0.25) is 0 Å². The molecule has 1 aliphatic carbocycles. The molecule has 1 rings (SSSR count). The number of rotatable bonds is 2. The second kappa shape index (κ2) is 3.56. The summed E-state index contributed by atoms with van der Waals surface area (Å²) in [4.78, 5) is 11.6. The Balaban J connectivity index is 2.59. The van der Waals surface area contributed by atoms with Crippen molar-refractivity contribution < 1.29 is 4.79 Å². The molecule has 0 unspecified atom stereocenters. The molecule has 2 nitrogen and oxygen atoms in total. The van der Waals surface area contributed by atoms with Crippen LogP contribution in [0.25, 0.3) is 0 Å². The van der Waals surface area contributed by atoms with Gasteiger partial charge in [0.15, 0.2) is 5.78 Å². The quantitative estimate of drug-likeness (QED) is 0.684. The minimum absolute atomic E-state index is 0.230. The molecule has 70 valence electrons. The summed E-state index contributed by atoms with van der Waals surface area (Å²) in [6, 6.07) is 0.400. The van der Waals surface area contributed by atoms with E-state index in [1.165, 1.54) is 6.42 Å². The molecule has 1 saturated carbocycles. The van der Waals surface area contributed by atoms with Crippen LogP contribution in [0.3, 0.4) is 0 Å². The maximum atomic E-state index is 11.6. The molecule has 0 radical (unpaired) electrons. The molecule has 1 atom stereocenters. The fourth-order valence-corrected chi connectivity index (χ4v) is 1.97. The Labute approximate surface area is 74.7 Å². The highest BCUT2D eigenvalue weighted by atomic mass is 16.1. The molecule has 0 amide bonds. The van der Waals surface area contributed by atoms with Gasteiger partial charge in [-0.05, 0) is 33.6 Å². The standard InChI is InChI=1S/C10H19NO/c1-8(2)11-10(3)7-5-4-6-9(10)12/h8,11H,4-7H2,1-3H3/t10-/m0/s1. The van der Waals surface area contributed by atoms with Gasteiger partial charge in [0, 0.05) is 12.5 Å². The van der Waals surface area contributed by atoms with Crippen molar-refractivity contribution in [3.63, 3.8) is 0 Å². The van der Waals surface area contributed by atoms with Crippen molar-refractivity contribution in [1.29, 1.82) is 0 Å². The van der Waals surface area contributed by atoms with E-state index in [9.17, 15) is 4.79 Å². The van der Waals surface area contributed by atoms with E-state index in [0.29, 0.717) is 11.8 Å². The van der Waals surface area contributed by atoms with Crippen LogP contribution in [-0.4, -0.2) is 17.4 Å². The molecule has 1 N–H and O–H groups in total. The minimum atomic E-state index is -0.230. The van der Waals surface area contributed by atoms with E-state index in [4.69, 9.17) is 0 Å². The van der Waals surface area contributed by atoms with Gasteiger partial charge in [-0.3, -0.25) is 4.79 Å². The Morgan fingerprint density at radius 3 is 2.58 bits per heavy atom. The monoisotopic (exact) mass is 169 g/mol. The Bertz CT molecular complexity index is 177. The van der Waals surface area contributed by atoms with Crippen LogP contribution in [0.5, 0.6) is 0 Å². The van der Waals surface area contributed by atoms with Crippen LogP contribution >= 0.6 is 0 Å². The molecule has 0 aromatic carbocycles. The van der Waals surface area contributed by atoms with Crippen LogP contribution in [-0.2, 0) is 4.79 Å². The first-order valence-corrected chi connectivity index (χ1v) is 4.85. The third kappa shape index (κ3) is 2.07. The number of carbonyl (C=O) groups excluding carboxylic acids is 1. The molecular formula is C10H19NO. The number of ketones is 1. The summed E-state index contributed by atoms with van der Waals surface area (Å²) in [5, 5.41) is 3.36. The smallest absolute Gasteiger partial charge is 0.152 e. The van der Waals surface area contributed by atoms with Crippen molar-refractivity contribution in [3.05, 3.63) is 0 Å². The molecule has 0 aromatic heterocycles. The van der Waals surface area contributed by atoms with Crippen molar-refractivity contribution in [3.8, 4) is 0 Å². The van der Waals surface area contributed by atoms with Crippen molar-refractivity contribution in [2.75, 3.05) is 0 Å². The molecule has 0 spiro atoms. The predicted octanol–water partition coefficient (Wildman–Crippen LogP) is 1.89. The Morgan fingerprint density at radius 1 is 1.42 bits per heavy atom. The highest BCUT2D eigenvalue weighted by Crippen LogP contribution is 2.24. The van der Waals surface area contributed by atoms with Crippen LogP contribution in [0.1, 0.15) is 46.5 Å². The number of hydrogen-bond donors (Lipinski definition) is 1. The third-order valence-corrected chi connectivity index (χ3v) is 2.55. The van der Waals surface area contributed by atoms with E-state index in [1.54, 1.807) is 0 Å². The summed E-state index contributed by atoms with van der Waals surface area (Å²) >= 11 is 0. The van der Waals surface area contributed by atoms with Gasteiger partial charge in [-0.15, -0.1) is 0 Å². The second-order valence-electron chi connectivity index (χ2n) is 4.26. The van der Waals surface area contributed by atoms with Crippen LogP contribution in [0, 0.1) is 0 Å². The van der Waals surface area contributed by atoms with Gasteiger partial charge in [0.1, 0.15) is 0 Å². The van der Waals surface area contributed by atoms with E-state index < -0.39 is 0 Å². The first-order chi connectivity index (χ1) is 5.54. The van der Waals surface area contributed by atoms with E-state index in [2.05, 4.69) is 19.2 Å².